The topological polar surface area (TPSA) is 58.9 Å². The lowest BCUT2D eigenvalue weighted by atomic mass is 10.1. The van der Waals surface area contributed by atoms with Gasteiger partial charge in [0.2, 0.25) is 0 Å². The van der Waals surface area contributed by atoms with Gasteiger partial charge in [-0.15, -0.1) is 0 Å². The van der Waals surface area contributed by atoms with Crippen molar-refractivity contribution in [2.24, 2.45) is 0 Å². The average molecular weight is 322 g/mol. The monoisotopic (exact) mass is 322 g/mol. The molecule has 3 aromatic rings. The van der Waals surface area contributed by atoms with Crippen LogP contribution in [0, 0.1) is 0 Å². The van der Waals surface area contributed by atoms with Crippen molar-refractivity contribution in [3.8, 4) is 23.0 Å². The van der Waals surface area contributed by atoms with Crippen LogP contribution in [0.3, 0.4) is 0 Å². The summed E-state index contributed by atoms with van der Waals surface area (Å²) in [4.78, 5) is 0. The zero-order valence-electron chi connectivity index (χ0n) is 13.1. The van der Waals surface area contributed by atoms with E-state index in [9.17, 15) is 10.2 Å². The first kappa shape index (κ1) is 15.7. The van der Waals surface area contributed by atoms with Crippen molar-refractivity contribution in [2.75, 3.05) is 0 Å². The molecule has 0 aliphatic carbocycles. The van der Waals surface area contributed by atoms with Crippen molar-refractivity contribution in [1.82, 2.24) is 0 Å². The molecule has 0 spiro atoms. The lowest BCUT2D eigenvalue weighted by Gasteiger charge is -2.12. The van der Waals surface area contributed by atoms with E-state index in [-0.39, 0.29) is 11.5 Å². The van der Waals surface area contributed by atoms with E-state index in [1.54, 1.807) is 48.5 Å². The molecule has 0 fully saturated rings. The normalized spacial score (nSPS) is 10.3. The average Bonchev–Trinajstić information content (AvgIpc) is 2.61. The number of hydrogen-bond donors (Lipinski definition) is 2. The second-order valence-electron chi connectivity index (χ2n) is 5.33. The van der Waals surface area contributed by atoms with E-state index >= 15 is 0 Å². The summed E-state index contributed by atoms with van der Waals surface area (Å²) in [5.41, 5.74) is 2.06. The Kier molecular flexibility index (Phi) is 4.87. The SMILES string of the molecule is Oc1ccc(OCc2ccccc2COc2ccc(O)cc2)cc1. The molecule has 0 aliphatic heterocycles. The molecule has 0 atom stereocenters. The fourth-order valence-corrected chi connectivity index (χ4v) is 2.25. The third-order valence-electron chi connectivity index (χ3n) is 3.58. The number of ether oxygens (including phenoxy) is 2. The summed E-state index contributed by atoms with van der Waals surface area (Å²) in [6.45, 7) is 0.833. The molecule has 0 aromatic heterocycles. The molecule has 0 saturated heterocycles. The molecule has 0 amide bonds. The summed E-state index contributed by atoms with van der Waals surface area (Å²) >= 11 is 0. The molecule has 0 bridgehead atoms. The highest BCUT2D eigenvalue weighted by Crippen LogP contribution is 2.20. The van der Waals surface area contributed by atoms with Gasteiger partial charge < -0.3 is 19.7 Å². The number of aromatic hydroxyl groups is 2. The molecule has 0 radical (unpaired) electrons. The van der Waals surface area contributed by atoms with E-state index in [1.807, 2.05) is 24.3 Å². The van der Waals surface area contributed by atoms with E-state index in [0.717, 1.165) is 11.1 Å². The Morgan fingerprint density at radius 3 is 1.29 bits per heavy atom. The van der Waals surface area contributed by atoms with Crippen LogP contribution in [-0.4, -0.2) is 10.2 Å². The van der Waals surface area contributed by atoms with Crippen molar-refractivity contribution in [2.45, 2.75) is 13.2 Å². The number of rotatable bonds is 6. The lowest BCUT2D eigenvalue weighted by Crippen LogP contribution is -2.03. The lowest BCUT2D eigenvalue weighted by molar-refractivity contribution is 0.285. The summed E-state index contributed by atoms with van der Waals surface area (Å²) in [6, 6.07) is 21.2. The summed E-state index contributed by atoms with van der Waals surface area (Å²) in [5.74, 6) is 1.82. The summed E-state index contributed by atoms with van der Waals surface area (Å²) in [6.07, 6.45) is 0. The number of hydrogen-bond acceptors (Lipinski definition) is 4. The maximum absolute atomic E-state index is 9.29. The van der Waals surface area contributed by atoms with Crippen LogP contribution < -0.4 is 9.47 Å². The van der Waals surface area contributed by atoms with E-state index in [4.69, 9.17) is 9.47 Å². The van der Waals surface area contributed by atoms with Gasteiger partial charge >= 0.3 is 0 Å². The van der Waals surface area contributed by atoms with Gasteiger partial charge in [0.25, 0.3) is 0 Å². The fraction of sp³-hybridized carbons (Fsp3) is 0.100. The molecule has 3 rings (SSSR count). The molecule has 24 heavy (non-hydrogen) atoms. The molecule has 3 aromatic carbocycles. The van der Waals surface area contributed by atoms with Crippen molar-refractivity contribution >= 4 is 0 Å². The van der Waals surface area contributed by atoms with Gasteiger partial charge in [0, 0.05) is 0 Å². The minimum atomic E-state index is 0.213. The highest BCUT2D eigenvalue weighted by Gasteiger charge is 2.04. The predicted octanol–water partition coefficient (Wildman–Crippen LogP) is 4.26. The van der Waals surface area contributed by atoms with Gasteiger partial charge in [-0.05, 0) is 59.7 Å². The minimum absolute atomic E-state index is 0.213. The standard InChI is InChI=1S/C20H18O4/c21-17-5-9-19(10-6-17)23-13-15-3-1-2-4-16(15)14-24-20-11-7-18(22)8-12-20/h1-12,21-22H,13-14H2. The highest BCUT2D eigenvalue weighted by atomic mass is 16.5. The van der Waals surface area contributed by atoms with Crippen LogP contribution in [0.15, 0.2) is 72.8 Å². The van der Waals surface area contributed by atoms with Crippen LogP contribution in [-0.2, 0) is 13.2 Å². The van der Waals surface area contributed by atoms with Gasteiger partial charge in [-0.2, -0.15) is 0 Å². The molecule has 0 unspecified atom stereocenters. The van der Waals surface area contributed by atoms with Crippen LogP contribution >= 0.6 is 0 Å². The van der Waals surface area contributed by atoms with Crippen LogP contribution in [0.5, 0.6) is 23.0 Å². The van der Waals surface area contributed by atoms with Gasteiger partial charge in [0.05, 0.1) is 0 Å². The molecular weight excluding hydrogens is 304 g/mol. The van der Waals surface area contributed by atoms with Gasteiger partial charge in [-0.3, -0.25) is 0 Å². The fourth-order valence-electron chi connectivity index (χ4n) is 2.25. The Hall–Kier alpha value is -3.14. The van der Waals surface area contributed by atoms with Crippen molar-refractivity contribution in [1.29, 1.82) is 0 Å². The van der Waals surface area contributed by atoms with Crippen LogP contribution in [0.4, 0.5) is 0 Å². The summed E-state index contributed by atoms with van der Waals surface area (Å²) in [7, 11) is 0. The second kappa shape index (κ2) is 7.42. The number of benzene rings is 3. The Morgan fingerprint density at radius 1 is 0.542 bits per heavy atom. The van der Waals surface area contributed by atoms with Crippen LogP contribution in [0.25, 0.3) is 0 Å². The number of phenols is 2. The largest absolute Gasteiger partial charge is 0.508 e. The van der Waals surface area contributed by atoms with Crippen LogP contribution in [0.2, 0.25) is 0 Å². The van der Waals surface area contributed by atoms with E-state index in [0.29, 0.717) is 24.7 Å². The van der Waals surface area contributed by atoms with E-state index < -0.39 is 0 Å². The van der Waals surface area contributed by atoms with Crippen LogP contribution in [0.1, 0.15) is 11.1 Å². The van der Waals surface area contributed by atoms with Crippen molar-refractivity contribution in [3.63, 3.8) is 0 Å². The first-order chi connectivity index (χ1) is 11.7. The van der Waals surface area contributed by atoms with Crippen molar-refractivity contribution in [3.05, 3.63) is 83.9 Å². The first-order valence-corrected chi connectivity index (χ1v) is 7.61. The van der Waals surface area contributed by atoms with Gasteiger partial charge in [0.1, 0.15) is 36.2 Å². The number of phenolic OH excluding ortho intramolecular Hbond substituents is 2. The molecule has 4 heteroatoms. The highest BCUT2D eigenvalue weighted by molar-refractivity contribution is 5.33. The summed E-state index contributed by atoms with van der Waals surface area (Å²) in [5, 5.41) is 18.6. The van der Waals surface area contributed by atoms with E-state index in [1.165, 1.54) is 0 Å². The van der Waals surface area contributed by atoms with Gasteiger partial charge in [0.15, 0.2) is 0 Å². The Bertz CT molecular complexity index is 711. The zero-order chi connectivity index (χ0) is 16.8. The molecule has 0 heterocycles. The second-order valence-corrected chi connectivity index (χ2v) is 5.33. The summed E-state index contributed by atoms with van der Waals surface area (Å²) < 4.78 is 11.5. The third-order valence-corrected chi connectivity index (χ3v) is 3.58. The van der Waals surface area contributed by atoms with E-state index in [2.05, 4.69) is 0 Å². The Morgan fingerprint density at radius 2 is 0.917 bits per heavy atom. The van der Waals surface area contributed by atoms with Gasteiger partial charge in [-0.1, -0.05) is 24.3 Å². The molecule has 122 valence electrons. The quantitative estimate of drug-likeness (QED) is 0.712. The third kappa shape index (κ3) is 4.20. The first-order valence-electron chi connectivity index (χ1n) is 7.61. The predicted molar refractivity (Wildman–Crippen MR) is 91.3 cm³/mol. The maximum Gasteiger partial charge on any atom is 0.120 e. The van der Waals surface area contributed by atoms with Crippen molar-refractivity contribution < 1.29 is 19.7 Å². The molecule has 2 N–H and O–H groups in total. The maximum atomic E-state index is 9.29. The molecule has 0 aliphatic rings. The minimum Gasteiger partial charge on any atom is -0.508 e. The van der Waals surface area contributed by atoms with Gasteiger partial charge in [-0.25, -0.2) is 0 Å². The molecule has 0 saturated carbocycles. The molecular formula is C20H18O4. The zero-order valence-corrected chi connectivity index (χ0v) is 13.1. The molecule has 4 nitrogen and oxygen atoms in total. The smallest absolute Gasteiger partial charge is 0.120 e. The Labute approximate surface area is 140 Å². The Balaban J connectivity index is 1.64.